The summed E-state index contributed by atoms with van der Waals surface area (Å²) in [6, 6.07) is 0. The highest BCUT2D eigenvalue weighted by molar-refractivity contribution is 5.91. The summed E-state index contributed by atoms with van der Waals surface area (Å²) in [4.78, 5) is 24.3. The highest BCUT2D eigenvalue weighted by Crippen LogP contribution is 2.59. The van der Waals surface area contributed by atoms with E-state index in [1.165, 1.54) is 0 Å². The highest BCUT2D eigenvalue weighted by atomic mass is 16.6. The molecule has 0 bridgehead atoms. The fourth-order valence-electron chi connectivity index (χ4n) is 5.14. The van der Waals surface area contributed by atoms with Crippen molar-refractivity contribution in [3.63, 3.8) is 0 Å². The Labute approximate surface area is 154 Å². The Hall–Kier alpha value is -1.40. The van der Waals surface area contributed by atoms with E-state index in [0.717, 1.165) is 0 Å². The zero-order chi connectivity index (χ0) is 19.4. The molecule has 1 aliphatic heterocycles. The third-order valence-corrected chi connectivity index (χ3v) is 7.14. The van der Waals surface area contributed by atoms with Crippen molar-refractivity contribution in [1.82, 2.24) is 0 Å². The lowest BCUT2D eigenvalue weighted by atomic mass is 9.50. The molecule has 8 atom stereocenters. The van der Waals surface area contributed by atoms with Crippen molar-refractivity contribution in [1.29, 1.82) is 0 Å². The van der Waals surface area contributed by atoms with Crippen LogP contribution in [0.25, 0.3) is 0 Å². The molecule has 26 heavy (non-hydrogen) atoms. The molecule has 146 valence electrons. The van der Waals surface area contributed by atoms with Gasteiger partial charge in [-0.2, -0.15) is 0 Å². The lowest BCUT2D eigenvalue weighted by Crippen LogP contribution is -2.68. The second kappa shape index (κ2) is 6.34. The summed E-state index contributed by atoms with van der Waals surface area (Å²) < 4.78 is 11.2. The summed E-state index contributed by atoms with van der Waals surface area (Å²) in [7, 11) is 0. The van der Waals surface area contributed by atoms with Gasteiger partial charge < -0.3 is 19.7 Å². The van der Waals surface area contributed by atoms with Gasteiger partial charge in [-0.25, -0.2) is 4.79 Å². The standard InChI is InChI=1S/C20H30O6/c1-6-10(2)17(22)25-14-9-13(21)19(4)8-7-12-11(3)18(23)26-15(12)16(19)20(14,5)24/h10,12-16,21,24H,3,6-9H2,1-2,4-5H3/t10-,12+,13-,14-,15+,16-,19+,20-/m1/s1. The first kappa shape index (κ1) is 19.4. The van der Waals surface area contributed by atoms with E-state index in [9.17, 15) is 19.8 Å². The normalized spacial score (nSPS) is 46.2. The fraction of sp³-hybridized carbons (Fsp3) is 0.800. The van der Waals surface area contributed by atoms with Gasteiger partial charge in [-0.3, -0.25) is 4.79 Å². The van der Waals surface area contributed by atoms with E-state index in [1.807, 2.05) is 13.8 Å². The van der Waals surface area contributed by atoms with Gasteiger partial charge in [0.15, 0.2) is 0 Å². The number of aliphatic hydroxyl groups is 2. The first-order chi connectivity index (χ1) is 12.0. The van der Waals surface area contributed by atoms with Crippen molar-refractivity contribution in [2.45, 2.75) is 77.3 Å². The number of fused-ring (bicyclic) bond motifs is 3. The zero-order valence-corrected chi connectivity index (χ0v) is 16.0. The van der Waals surface area contributed by atoms with Gasteiger partial charge >= 0.3 is 11.9 Å². The summed E-state index contributed by atoms with van der Waals surface area (Å²) >= 11 is 0. The number of hydrogen-bond acceptors (Lipinski definition) is 6. The number of rotatable bonds is 3. The molecule has 0 aromatic heterocycles. The molecular formula is C20H30O6. The average molecular weight is 366 g/mol. The van der Waals surface area contributed by atoms with Crippen molar-refractivity contribution in [2.24, 2.45) is 23.2 Å². The topological polar surface area (TPSA) is 93.1 Å². The van der Waals surface area contributed by atoms with Crippen LogP contribution in [0.15, 0.2) is 12.2 Å². The van der Waals surface area contributed by atoms with E-state index >= 15 is 0 Å². The number of ether oxygens (including phenoxy) is 2. The minimum atomic E-state index is -1.41. The van der Waals surface area contributed by atoms with Crippen molar-refractivity contribution >= 4 is 11.9 Å². The SMILES string of the molecule is C=C1C(=O)O[C@H]2[C@H]1CC[C@@]1(C)[C@H](O)C[C@@H](OC(=O)[C@H](C)CC)[C@@](C)(O)[C@H]21. The van der Waals surface area contributed by atoms with Crippen LogP contribution in [0.5, 0.6) is 0 Å². The Morgan fingerprint density at radius 3 is 2.73 bits per heavy atom. The van der Waals surface area contributed by atoms with E-state index in [-0.39, 0.29) is 24.2 Å². The van der Waals surface area contributed by atoms with Gasteiger partial charge in [-0.05, 0) is 26.2 Å². The van der Waals surface area contributed by atoms with Crippen molar-refractivity contribution in [3.8, 4) is 0 Å². The number of carbonyl (C=O) groups is 2. The fourth-order valence-corrected chi connectivity index (χ4v) is 5.14. The molecule has 0 spiro atoms. The monoisotopic (exact) mass is 366 g/mol. The molecule has 0 aromatic rings. The number of esters is 2. The molecule has 3 aliphatic rings. The van der Waals surface area contributed by atoms with Crippen LogP contribution in [0.2, 0.25) is 0 Å². The van der Waals surface area contributed by atoms with E-state index in [0.29, 0.717) is 24.8 Å². The maximum atomic E-state index is 12.3. The van der Waals surface area contributed by atoms with Crippen LogP contribution in [0.3, 0.4) is 0 Å². The van der Waals surface area contributed by atoms with Gasteiger partial charge in [0.05, 0.1) is 12.0 Å². The highest BCUT2D eigenvalue weighted by Gasteiger charge is 2.66. The molecule has 6 nitrogen and oxygen atoms in total. The van der Waals surface area contributed by atoms with Crippen LogP contribution in [0.4, 0.5) is 0 Å². The van der Waals surface area contributed by atoms with Crippen LogP contribution in [-0.2, 0) is 19.1 Å². The van der Waals surface area contributed by atoms with E-state index in [2.05, 4.69) is 6.58 Å². The Bertz CT molecular complexity index is 626. The number of hydrogen-bond donors (Lipinski definition) is 2. The molecule has 0 unspecified atom stereocenters. The molecule has 2 aliphatic carbocycles. The summed E-state index contributed by atoms with van der Waals surface area (Å²) in [5, 5.41) is 22.3. The molecule has 3 rings (SSSR count). The molecule has 0 amide bonds. The summed E-state index contributed by atoms with van der Waals surface area (Å²) in [5.41, 5.74) is -1.60. The summed E-state index contributed by atoms with van der Waals surface area (Å²) in [6.07, 6.45) is 0.00119. The van der Waals surface area contributed by atoms with E-state index in [1.54, 1.807) is 13.8 Å². The van der Waals surface area contributed by atoms with Gasteiger partial charge in [0.1, 0.15) is 17.8 Å². The van der Waals surface area contributed by atoms with Crippen molar-refractivity contribution in [2.75, 3.05) is 0 Å². The molecule has 2 N–H and O–H groups in total. The predicted octanol–water partition coefficient (Wildman–Crippen LogP) is 1.97. The molecule has 1 heterocycles. The Morgan fingerprint density at radius 2 is 2.12 bits per heavy atom. The van der Waals surface area contributed by atoms with Crippen LogP contribution in [-0.4, -0.2) is 46.1 Å². The largest absolute Gasteiger partial charge is 0.459 e. The molecule has 1 saturated heterocycles. The van der Waals surface area contributed by atoms with Crippen LogP contribution in [0, 0.1) is 23.2 Å². The van der Waals surface area contributed by atoms with Gasteiger partial charge in [0.2, 0.25) is 0 Å². The van der Waals surface area contributed by atoms with Gasteiger partial charge in [-0.15, -0.1) is 0 Å². The molecule has 2 saturated carbocycles. The Morgan fingerprint density at radius 1 is 1.46 bits per heavy atom. The maximum Gasteiger partial charge on any atom is 0.334 e. The minimum absolute atomic E-state index is 0.164. The van der Waals surface area contributed by atoms with Crippen molar-refractivity contribution < 1.29 is 29.3 Å². The summed E-state index contributed by atoms with van der Waals surface area (Å²) in [6.45, 7) is 11.1. The molecule has 6 heteroatoms. The van der Waals surface area contributed by atoms with Gasteiger partial charge in [-0.1, -0.05) is 27.4 Å². The van der Waals surface area contributed by atoms with Gasteiger partial charge in [0.25, 0.3) is 0 Å². The molecule has 3 fully saturated rings. The van der Waals surface area contributed by atoms with Crippen LogP contribution < -0.4 is 0 Å². The minimum Gasteiger partial charge on any atom is -0.459 e. The lowest BCUT2D eigenvalue weighted by molar-refractivity contribution is -0.256. The zero-order valence-electron chi connectivity index (χ0n) is 16.0. The van der Waals surface area contributed by atoms with Gasteiger partial charge in [0, 0.05) is 29.2 Å². The van der Waals surface area contributed by atoms with Crippen molar-refractivity contribution in [3.05, 3.63) is 12.2 Å². The molecule has 0 radical (unpaired) electrons. The van der Waals surface area contributed by atoms with Crippen LogP contribution >= 0.6 is 0 Å². The predicted molar refractivity (Wildman–Crippen MR) is 93.9 cm³/mol. The summed E-state index contributed by atoms with van der Waals surface area (Å²) in [5.74, 6) is -1.79. The number of aliphatic hydroxyl groups excluding tert-OH is 1. The van der Waals surface area contributed by atoms with E-state index < -0.39 is 41.2 Å². The Balaban J connectivity index is 1.94. The maximum absolute atomic E-state index is 12.3. The lowest BCUT2D eigenvalue weighted by Gasteiger charge is -2.59. The first-order valence-corrected chi connectivity index (χ1v) is 9.54. The quantitative estimate of drug-likeness (QED) is 0.586. The third kappa shape index (κ3) is 2.69. The van der Waals surface area contributed by atoms with E-state index in [4.69, 9.17) is 9.47 Å². The Kier molecular flexibility index (Phi) is 4.72. The molecular weight excluding hydrogens is 336 g/mol. The first-order valence-electron chi connectivity index (χ1n) is 9.54. The molecule has 0 aromatic carbocycles. The number of carbonyl (C=O) groups excluding carboxylic acids is 2. The smallest absolute Gasteiger partial charge is 0.334 e. The second-order valence-electron chi connectivity index (χ2n) is 8.74. The second-order valence-corrected chi connectivity index (χ2v) is 8.74. The third-order valence-electron chi connectivity index (χ3n) is 7.14. The van der Waals surface area contributed by atoms with Crippen LogP contribution in [0.1, 0.15) is 53.4 Å². The average Bonchev–Trinajstić information content (AvgIpc) is 2.85.